The highest BCUT2D eigenvalue weighted by molar-refractivity contribution is 5.78. The molecule has 1 aliphatic heterocycles. The van der Waals surface area contributed by atoms with Crippen molar-refractivity contribution in [1.29, 1.82) is 0 Å². The van der Waals surface area contributed by atoms with Gasteiger partial charge in [0.25, 0.3) is 0 Å². The van der Waals surface area contributed by atoms with Gasteiger partial charge in [-0.2, -0.15) is 0 Å². The molecule has 0 aliphatic carbocycles. The van der Waals surface area contributed by atoms with Gasteiger partial charge in [0, 0.05) is 6.42 Å². The second-order valence-electron chi connectivity index (χ2n) is 7.62. The summed E-state index contributed by atoms with van der Waals surface area (Å²) in [5.41, 5.74) is 0.00558. The maximum Gasteiger partial charge on any atom is 0.183 e. The predicted octanol–water partition coefficient (Wildman–Crippen LogP) is 7.01. The number of aliphatic imine (C=N–C) groups is 1. The number of hydrogen-bond acceptors (Lipinski definition) is 2. The lowest BCUT2D eigenvalue weighted by molar-refractivity contribution is 0.273. The molecule has 24 heavy (non-hydrogen) atoms. The maximum absolute atomic E-state index is 5.62. The zero-order valence-corrected chi connectivity index (χ0v) is 16.4. The summed E-state index contributed by atoms with van der Waals surface area (Å²) in [4.78, 5) is 4.60. The van der Waals surface area contributed by atoms with E-state index in [1.54, 1.807) is 0 Å². The molecule has 0 radical (unpaired) electrons. The van der Waals surface area contributed by atoms with Gasteiger partial charge in [-0.05, 0) is 46.0 Å². The Balaban J connectivity index is 1.85. The molecule has 0 aromatic rings. The van der Waals surface area contributed by atoms with Crippen molar-refractivity contribution in [2.45, 2.75) is 103 Å². The smallest absolute Gasteiger partial charge is 0.183 e. The average molecular weight is 334 g/mol. The summed E-state index contributed by atoms with van der Waals surface area (Å²) in [7, 11) is 0. The van der Waals surface area contributed by atoms with Crippen molar-refractivity contribution in [2.24, 2.45) is 4.99 Å². The summed E-state index contributed by atoms with van der Waals surface area (Å²) in [5, 5.41) is 0. The van der Waals surface area contributed by atoms with Crippen LogP contribution in [-0.2, 0) is 4.74 Å². The number of rotatable bonds is 14. The normalized spacial score (nSPS) is 16.9. The molecule has 0 atom stereocenters. The first-order valence-electron chi connectivity index (χ1n) is 10.2. The van der Waals surface area contributed by atoms with Gasteiger partial charge in [0.1, 0.15) is 6.61 Å². The van der Waals surface area contributed by atoms with E-state index in [9.17, 15) is 0 Å². The first kappa shape index (κ1) is 21.0. The monoisotopic (exact) mass is 333 g/mol. The van der Waals surface area contributed by atoms with Gasteiger partial charge in [0.05, 0.1) is 5.54 Å². The zero-order chi connectivity index (χ0) is 17.5. The Morgan fingerprint density at radius 3 is 2.04 bits per heavy atom. The Labute approximate surface area is 150 Å². The number of allylic oxidation sites excluding steroid dienone is 4. The summed E-state index contributed by atoms with van der Waals surface area (Å²) in [6.45, 7) is 7.28. The third-order valence-electron chi connectivity index (χ3n) is 4.39. The van der Waals surface area contributed by atoms with E-state index in [0.29, 0.717) is 0 Å². The molecular formula is C22H39NO. The van der Waals surface area contributed by atoms with E-state index >= 15 is 0 Å². The number of hydrogen-bond donors (Lipinski definition) is 0. The van der Waals surface area contributed by atoms with Gasteiger partial charge in [0.2, 0.25) is 0 Å². The van der Waals surface area contributed by atoms with Crippen molar-refractivity contribution in [3.05, 3.63) is 24.3 Å². The number of unbranched alkanes of at least 4 members (excludes halogenated alkanes) is 9. The van der Waals surface area contributed by atoms with Crippen molar-refractivity contribution in [2.75, 3.05) is 6.61 Å². The van der Waals surface area contributed by atoms with Crippen LogP contribution in [0.4, 0.5) is 0 Å². The highest BCUT2D eigenvalue weighted by Gasteiger charge is 2.25. The maximum atomic E-state index is 5.62. The molecule has 0 aromatic carbocycles. The van der Waals surface area contributed by atoms with Crippen LogP contribution in [0, 0.1) is 0 Å². The van der Waals surface area contributed by atoms with Crippen LogP contribution < -0.4 is 0 Å². The molecule has 1 aliphatic rings. The average Bonchev–Trinajstić information content (AvgIpc) is 2.90. The molecule has 0 spiro atoms. The van der Waals surface area contributed by atoms with Crippen LogP contribution in [0.2, 0.25) is 0 Å². The Morgan fingerprint density at radius 1 is 0.875 bits per heavy atom. The number of nitrogens with zero attached hydrogens (tertiary/aromatic N) is 1. The standard InChI is InChI=1S/C22H39NO/c1-4-5-6-7-8-9-10-11-12-13-14-15-16-17-18-19-21-23-22(2,3)20-24-21/h9-12H,4-8,13-20H2,1-3H3/b10-9+,12-11-. The van der Waals surface area contributed by atoms with Gasteiger partial charge < -0.3 is 4.74 Å². The molecule has 2 heteroatoms. The van der Waals surface area contributed by atoms with E-state index in [0.717, 1.165) is 18.9 Å². The molecule has 138 valence electrons. The molecule has 0 unspecified atom stereocenters. The van der Waals surface area contributed by atoms with E-state index in [1.807, 2.05) is 0 Å². The van der Waals surface area contributed by atoms with Crippen LogP contribution in [0.25, 0.3) is 0 Å². The largest absolute Gasteiger partial charge is 0.478 e. The van der Waals surface area contributed by atoms with Crippen LogP contribution >= 0.6 is 0 Å². The summed E-state index contributed by atoms with van der Waals surface area (Å²) in [6.07, 6.45) is 24.4. The lowest BCUT2D eigenvalue weighted by atomic mass is 10.1. The Hall–Kier alpha value is -1.05. The van der Waals surface area contributed by atoms with Crippen LogP contribution in [-0.4, -0.2) is 18.0 Å². The Morgan fingerprint density at radius 2 is 1.46 bits per heavy atom. The van der Waals surface area contributed by atoms with Crippen molar-refractivity contribution < 1.29 is 4.74 Å². The van der Waals surface area contributed by atoms with Gasteiger partial charge in [-0.25, -0.2) is 4.99 Å². The summed E-state index contributed by atoms with van der Waals surface area (Å²) < 4.78 is 5.62. The lowest BCUT2D eigenvalue weighted by Crippen LogP contribution is -2.17. The highest BCUT2D eigenvalue weighted by Crippen LogP contribution is 2.19. The second kappa shape index (κ2) is 13.3. The van der Waals surface area contributed by atoms with Gasteiger partial charge in [0.15, 0.2) is 5.90 Å². The first-order valence-corrected chi connectivity index (χ1v) is 10.2. The predicted molar refractivity (Wildman–Crippen MR) is 107 cm³/mol. The molecule has 1 heterocycles. The molecule has 1 rings (SSSR count). The first-order chi connectivity index (χ1) is 11.6. The molecule has 0 bridgehead atoms. The van der Waals surface area contributed by atoms with Gasteiger partial charge in [-0.3, -0.25) is 0 Å². The minimum absolute atomic E-state index is 0.00558. The van der Waals surface area contributed by atoms with Gasteiger partial charge in [-0.1, -0.05) is 69.8 Å². The molecule has 0 saturated heterocycles. The minimum Gasteiger partial charge on any atom is -0.478 e. The highest BCUT2D eigenvalue weighted by atomic mass is 16.5. The molecule has 0 aromatic heterocycles. The van der Waals surface area contributed by atoms with E-state index in [2.05, 4.69) is 50.1 Å². The van der Waals surface area contributed by atoms with Gasteiger partial charge >= 0.3 is 0 Å². The van der Waals surface area contributed by atoms with E-state index in [1.165, 1.54) is 70.6 Å². The zero-order valence-electron chi connectivity index (χ0n) is 16.4. The van der Waals surface area contributed by atoms with Crippen LogP contribution in [0.5, 0.6) is 0 Å². The van der Waals surface area contributed by atoms with E-state index in [4.69, 9.17) is 4.74 Å². The fourth-order valence-corrected chi connectivity index (χ4v) is 2.90. The van der Waals surface area contributed by atoms with E-state index < -0.39 is 0 Å². The van der Waals surface area contributed by atoms with Crippen molar-refractivity contribution >= 4 is 5.90 Å². The summed E-state index contributed by atoms with van der Waals surface area (Å²) in [5.74, 6) is 0.976. The molecule has 0 saturated carbocycles. The third kappa shape index (κ3) is 11.5. The van der Waals surface area contributed by atoms with E-state index in [-0.39, 0.29) is 5.54 Å². The lowest BCUT2D eigenvalue weighted by Gasteiger charge is -2.07. The van der Waals surface area contributed by atoms with Crippen molar-refractivity contribution in [3.8, 4) is 0 Å². The molecule has 0 amide bonds. The number of ether oxygens (including phenoxy) is 1. The van der Waals surface area contributed by atoms with Crippen LogP contribution in [0.3, 0.4) is 0 Å². The third-order valence-corrected chi connectivity index (χ3v) is 4.39. The minimum atomic E-state index is 0.00558. The van der Waals surface area contributed by atoms with Crippen LogP contribution in [0.1, 0.15) is 97.8 Å². The quantitative estimate of drug-likeness (QED) is 0.247. The van der Waals surface area contributed by atoms with Crippen LogP contribution in [0.15, 0.2) is 29.3 Å². The molecule has 2 nitrogen and oxygen atoms in total. The fraction of sp³-hybridized carbons (Fsp3) is 0.773. The SMILES string of the molecule is CCCCCC/C=C/C=C\CCCCCCCC1=NC(C)(C)CO1. The summed E-state index contributed by atoms with van der Waals surface area (Å²) in [6, 6.07) is 0. The molecule has 0 fully saturated rings. The van der Waals surface area contributed by atoms with Crippen molar-refractivity contribution in [3.63, 3.8) is 0 Å². The molecule has 0 N–H and O–H groups in total. The molecular weight excluding hydrogens is 294 g/mol. The summed E-state index contributed by atoms with van der Waals surface area (Å²) >= 11 is 0. The topological polar surface area (TPSA) is 21.6 Å². The Bertz CT molecular complexity index is 393. The van der Waals surface area contributed by atoms with Crippen molar-refractivity contribution in [1.82, 2.24) is 0 Å². The fourth-order valence-electron chi connectivity index (χ4n) is 2.90. The van der Waals surface area contributed by atoms with Gasteiger partial charge in [-0.15, -0.1) is 0 Å². The Kier molecular flexibility index (Phi) is 11.6. The second-order valence-corrected chi connectivity index (χ2v) is 7.62.